The molecule has 0 aromatic carbocycles. The van der Waals surface area contributed by atoms with Crippen LogP contribution in [0.5, 0.6) is 5.88 Å². The van der Waals surface area contributed by atoms with E-state index in [1.807, 2.05) is 6.92 Å². The molecule has 2 heterocycles. The molecule has 0 aliphatic carbocycles. The van der Waals surface area contributed by atoms with Crippen molar-refractivity contribution in [2.45, 2.75) is 44.7 Å². The van der Waals surface area contributed by atoms with Gasteiger partial charge < -0.3 is 10.1 Å². The van der Waals surface area contributed by atoms with E-state index < -0.39 is 5.66 Å². The topological polar surface area (TPSA) is 88.8 Å². The Hall–Kier alpha value is -2.49. The van der Waals surface area contributed by atoms with E-state index in [9.17, 15) is 4.79 Å². The van der Waals surface area contributed by atoms with Crippen LogP contribution in [-0.2, 0) is 11.2 Å². The minimum Gasteiger partial charge on any atom is -0.481 e. The SMILES string of the molecule is C#CCCC1(CCC(=O)NCCc2nc(C)cc(OC)n2)N=N1. The van der Waals surface area contributed by atoms with Crippen molar-refractivity contribution in [3.05, 3.63) is 17.6 Å². The van der Waals surface area contributed by atoms with Crippen molar-refractivity contribution >= 4 is 5.91 Å². The summed E-state index contributed by atoms with van der Waals surface area (Å²) in [5, 5.41) is 10.9. The Kier molecular flexibility index (Phi) is 5.63. The van der Waals surface area contributed by atoms with Crippen LogP contribution in [0.3, 0.4) is 0 Å². The van der Waals surface area contributed by atoms with Crippen molar-refractivity contribution in [3.8, 4) is 18.2 Å². The predicted octanol–water partition coefficient (Wildman–Crippen LogP) is 1.81. The number of ether oxygens (including phenoxy) is 1. The number of rotatable bonds is 9. The Morgan fingerprint density at radius 1 is 1.39 bits per heavy atom. The maximum atomic E-state index is 11.9. The first-order chi connectivity index (χ1) is 11.1. The van der Waals surface area contributed by atoms with Crippen molar-refractivity contribution < 1.29 is 9.53 Å². The number of terminal acetylenes is 1. The molecule has 0 saturated heterocycles. The van der Waals surface area contributed by atoms with E-state index in [0.717, 1.165) is 5.69 Å². The van der Waals surface area contributed by atoms with Crippen LogP contribution in [0, 0.1) is 19.3 Å². The molecule has 1 aliphatic rings. The second-order valence-electron chi connectivity index (χ2n) is 5.45. The number of carbonyl (C=O) groups excluding carboxylic acids is 1. The first kappa shape index (κ1) is 16.9. The zero-order valence-corrected chi connectivity index (χ0v) is 13.5. The van der Waals surface area contributed by atoms with E-state index >= 15 is 0 Å². The highest BCUT2D eigenvalue weighted by Crippen LogP contribution is 2.37. The largest absolute Gasteiger partial charge is 0.481 e. The van der Waals surface area contributed by atoms with E-state index in [4.69, 9.17) is 11.2 Å². The van der Waals surface area contributed by atoms with E-state index in [0.29, 0.717) is 50.4 Å². The Balaban J connectivity index is 1.69. The van der Waals surface area contributed by atoms with Gasteiger partial charge in [-0.25, -0.2) is 4.98 Å². The molecule has 7 nitrogen and oxygen atoms in total. The average molecular weight is 315 g/mol. The van der Waals surface area contributed by atoms with Crippen LogP contribution in [0.2, 0.25) is 0 Å². The van der Waals surface area contributed by atoms with Gasteiger partial charge >= 0.3 is 0 Å². The zero-order chi connectivity index (χ0) is 16.7. The van der Waals surface area contributed by atoms with Crippen LogP contribution >= 0.6 is 0 Å². The van der Waals surface area contributed by atoms with Crippen LogP contribution in [0.1, 0.15) is 37.2 Å². The van der Waals surface area contributed by atoms with E-state index in [2.05, 4.69) is 31.4 Å². The van der Waals surface area contributed by atoms with E-state index in [1.54, 1.807) is 13.2 Å². The number of hydrogen-bond donors (Lipinski definition) is 1. The van der Waals surface area contributed by atoms with Gasteiger partial charge in [0.15, 0.2) is 5.66 Å². The van der Waals surface area contributed by atoms with Crippen LogP contribution in [0.25, 0.3) is 0 Å². The van der Waals surface area contributed by atoms with E-state index in [1.165, 1.54) is 0 Å². The standard InChI is InChI=1S/C16H21N5O2/c1-4-5-8-16(20-21-16)9-6-14(22)17-10-7-13-18-12(2)11-15(19-13)23-3/h1,11H,5-10H2,2-3H3,(H,17,22). The molecule has 0 fully saturated rings. The van der Waals surface area contributed by atoms with Gasteiger partial charge in [-0.05, 0) is 6.92 Å². The number of methoxy groups -OCH3 is 1. The van der Waals surface area contributed by atoms with Crippen LogP contribution in [0.4, 0.5) is 0 Å². The van der Waals surface area contributed by atoms with Gasteiger partial charge in [0.25, 0.3) is 0 Å². The summed E-state index contributed by atoms with van der Waals surface area (Å²) in [5.74, 6) is 3.73. The predicted molar refractivity (Wildman–Crippen MR) is 84.9 cm³/mol. The van der Waals surface area contributed by atoms with Gasteiger partial charge in [0.05, 0.1) is 7.11 Å². The number of aryl methyl sites for hydroxylation is 1. The number of hydrogen-bond acceptors (Lipinski definition) is 6. The summed E-state index contributed by atoms with van der Waals surface area (Å²) in [7, 11) is 1.57. The summed E-state index contributed by atoms with van der Waals surface area (Å²) in [6, 6.07) is 1.76. The molecule has 2 rings (SSSR count). The second-order valence-corrected chi connectivity index (χ2v) is 5.45. The molecule has 0 radical (unpaired) electrons. The summed E-state index contributed by atoms with van der Waals surface area (Å²) in [4.78, 5) is 20.4. The molecule has 0 saturated carbocycles. The normalized spacial score (nSPS) is 14.1. The first-order valence-electron chi connectivity index (χ1n) is 7.60. The highest BCUT2D eigenvalue weighted by molar-refractivity contribution is 5.75. The van der Waals surface area contributed by atoms with Gasteiger partial charge in [-0.3, -0.25) is 4.79 Å². The summed E-state index contributed by atoms with van der Waals surface area (Å²) >= 11 is 0. The monoisotopic (exact) mass is 315 g/mol. The quantitative estimate of drug-likeness (QED) is 0.704. The highest BCUT2D eigenvalue weighted by atomic mass is 16.5. The average Bonchev–Trinajstić information content (AvgIpc) is 3.31. The molecule has 1 aromatic heterocycles. The van der Waals surface area contributed by atoms with Crippen molar-refractivity contribution in [2.24, 2.45) is 10.2 Å². The Labute approximate surface area is 136 Å². The fraction of sp³-hybridized carbons (Fsp3) is 0.562. The fourth-order valence-electron chi connectivity index (χ4n) is 2.20. The fourth-order valence-corrected chi connectivity index (χ4v) is 2.20. The molecule has 1 amide bonds. The Morgan fingerprint density at radius 2 is 2.17 bits per heavy atom. The number of amides is 1. The van der Waals surface area contributed by atoms with Crippen LogP contribution < -0.4 is 10.1 Å². The summed E-state index contributed by atoms with van der Waals surface area (Å²) < 4.78 is 5.10. The molecule has 7 heteroatoms. The minimum atomic E-state index is -0.406. The molecule has 0 atom stereocenters. The summed E-state index contributed by atoms with van der Waals surface area (Å²) in [5.41, 5.74) is 0.432. The van der Waals surface area contributed by atoms with Crippen molar-refractivity contribution in [3.63, 3.8) is 0 Å². The third-order valence-corrected chi connectivity index (χ3v) is 3.56. The van der Waals surface area contributed by atoms with Gasteiger partial charge in [0, 0.05) is 50.4 Å². The number of carbonyl (C=O) groups is 1. The first-order valence-corrected chi connectivity index (χ1v) is 7.60. The molecule has 0 unspecified atom stereocenters. The molecule has 1 aliphatic heterocycles. The van der Waals surface area contributed by atoms with Crippen LogP contribution in [0.15, 0.2) is 16.3 Å². The lowest BCUT2D eigenvalue weighted by atomic mass is 10.0. The molecular formula is C16H21N5O2. The maximum absolute atomic E-state index is 11.9. The minimum absolute atomic E-state index is 0.0259. The maximum Gasteiger partial charge on any atom is 0.220 e. The van der Waals surface area contributed by atoms with Gasteiger partial charge in [-0.1, -0.05) is 0 Å². The molecular weight excluding hydrogens is 294 g/mol. The molecule has 1 aromatic rings. The molecule has 0 spiro atoms. The number of nitrogens with one attached hydrogen (secondary N) is 1. The second kappa shape index (κ2) is 7.68. The third-order valence-electron chi connectivity index (χ3n) is 3.56. The lowest BCUT2D eigenvalue weighted by Crippen LogP contribution is -2.27. The summed E-state index contributed by atoms with van der Waals surface area (Å²) in [6.45, 7) is 2.36. The lowest BCUT2D eigenvalue weighted by Gasteiger charge is -2.09. The third kappa shape index (κ3) is 5.33. The van der Waals surface area contributed by atoms with Crippen molar-refractivity contribution in [1.82, 2.24) is 15.3 Å². The smallest absolute Gasteiger partial charge is 0.220 e. The zero-order valence-electron chi connectivity index (χ0n) is 13.5. The van der Waals surface area contributed by atoms with Crippen molar-refractivity contribution in [2.75, 3.05) is 13.7 Å². The molecule has 0 bridgehead atoms. The van der Waals surface area contributed by atoms with E-state index in [-0.39, 0.29) is 5.91 Å². The Bertz CT molecular complexity index is 630. The van der Waals surface area contributed by atoms with Gasteiger partial charge in [-0.2, -0.15) is 15.2 Å². The number of aromatic nitrogens is 2. The van der Waals surface area contributed by atoms with Gasteiger partial charge in [0.1, 0.15) is 5.82 Å². The van der Waals surface area contributed by atoms with Gasteiger partial charge in [0.2, 0.25) is 11.8 Å². The summed E-state index contributed by atoms with van der Waals surface area (Å²) in [6.07, 6.45) is 8.13. The highest BCUT2D eigenvalue weighted by Gasteiger charge is 2.39. The Morgan fingerprint density at radius 3 is 2.83 bits per heavy atom. The molecule has 1 N–H and O–H groups in total. The molecule has 23 heavy (non-hydrogen) atoms. The van der Waals surface area contributed by atoms with Gasteiger partial charge in [-0.15, -0.1) is 12.3 Å². The lowest BCUT2D eigenvalue weighted by molar-refractivity contribution is -0.121. The molecule has 122 valence electrons. The van der Waals surface area contributed by atoms with Crippen LogP contribution in [-0.4, -0.2) is 35.2 Å². The number of nitrogens with zero attached hydrogens (tertiary/aromatic N) is 4. The van der Waals surface area contributed by atoms with Crippen molar-refractivity contribution in [1.29, 1.82) is 0 Å².